The zero-order chi connectivity index (χ0) is 14.4. The van der Waals surface area contributed by atoms with Crippen molar-refractivity contribution in [1.82, 2.24) is 9.97 Å². The summed E-state index contributed by atoms with van der Waals surface area (Å²) in [5.41, 5.74) is 6.93. The number of hydrogen-bond acceptors (Lipinski definition) is 6. The summed E-state index contributed by atoms with van der Waals surface area (Å²) in [7, 11) is 0. The van der Waals surface area contributed by atoms with Gasteiger partial charge in [0.15, 0.2) is 0 Å². The Labute approximate surface area is 117 Å². The third-order valence-corrected chi connectivity index (χ3v) is 2.61. The molecule has 102 valence electrons. The first-order chi connectivity index (χ1) is 9.72. The quantitative estimate of drug-likeness (QED) is 0.770. The van der Waals surface area contributed by atoms with Gasteiger partial charge in [0.1, 0.15) is 17.7 Å². The van der Waals surface area contributed by atoms with Crippen molar-refractivity contribution in [3.63, 3.8) is 0 Å². The van der Waals surface area contributed by atoms with Gasteiger partial charge in [-0.2, -0.15) is 15.2 Å². The van der Waals surface area contributed by atoms with E-state index < -0.39 is 0 Å². The molecule has 0 aliphatic rings. The second-order valence-electron chi connectivity index (χ2n) is 4.21. The fraction of sp³-hybridized carbons (Fsp3) is 0.214. The molecule has 0 amide bonds. The number of nitrogen functional groups attached to an aromatic ring is 1. The number of anilines is 4. The number of nitrogens with two attached hydrogens (primary N) is 1. The number of nitrogens with one attached hydrogen (secondary N) is 2. The lowest BCUT2D eigenvalue weighted by atomic mass is 10.2. The lowest BCUT2D eigenvalue weighted by Gasteiger charge is -2.10. The summed E-state index contributed by atoms with van der Waals surface area (Å²) in [6.07, 6.45) is 0.990. The van der Waals surface area contributed by atoms with E-state index in [9.17, 15) is 0 Å². The monoisotopic (exact) mass is 268 g/mol. The normalized spacial score (nSPS) is 9.80. The van der Waals surface area contributed by atoms with Crippen LogP contribution in [-0.4, -0.2) is 16.5 Å². The largest absolute Gasteiger partial charge is 0.370 e. The zero-order valence-electron chi connectivity index (χ0n) is 11.2. The molecule has 0 saturated heterocycles. The maximum Gasteiger partial charge on any atom is 0.223 e. The molecular formula is C14H16N6. The molecule has 0 aliphatic heterocycles. The highest BCUT2D eigenvalue weighted by atomic mass is 15.1. The van der Waals surface area contributed by atoms with Gasteiger partial charge in [-0.15, -0.1) is 0 Å². The summed E-state index contributed by atoms with van der Waals surface area (Å²) in [5, 5.41) is 15.3. The highest BCUT2D eigenvalue weighted by Gasteiger charge is 2.05. The van der Waals surface area contributed by atoms with Gasteiger partial charge >= 0.3 is 0 Å². The van der Waals surface area contributed by atoms with Crippen LogP contribution in [0, 0.1) is 11.3 Å². The van der Waals surface area contributed by atoms with Crippen LogP contribution >= 0.6 is 0 Å². The Kier molecular flexibility index (Phi) is 4.35. The second-order valence-corrected chi connectivity index (χ2v) is 4.21. The van der Waals surface area contributed by atoms with Crippen LogP contribution in [0.15, 0.2) is 30.3 Å². The number of aromatic nitrogens is 2. The number of benzene rings is 1. The van der Waals surface area contributed by atoms with Crippen LogP contribution in [0.4, 0.5) is 23.3 Å². The first-order valence-electron chi connectivity index (χ1n) is 6.37. The number of para-hydroxylation sites is 1. The van der Waals surface area contributed by atoms with Gasteiger partial charge in [0.2, 0.25) is 5.95 Å². The van der Waals surface area contributed by atoms with Crippen molar-refractivity contribution < 1.29 is 0 Å². The van der Waals surface area contributed by atoms with Gasteiger partial charge in [0.25, 0.3) is 0 Å². The Morgan fingerprint density at radius 2 is 2.00 bits per heavy atom. The van der Waals surface area contributed by atoms with Crippen molar-refractivity contribution in [1.29, 1.82) is 5.26 Å². The molecule has 20 heavy (non-hydrogen) atoms. The van der Waals surface area contributed by atoms with Gasteiger partial charge in [-0.1, -0.05) is 19.1 Å². The Morgan fingerprint density at radius 3 is 2.75 bits per heavy atom. The van der Waals surface area contributed by atoms with Crippen molar-refractivity contribution in [2.75, 3.05) is 22.9 Å². The van der Waals surface area contributed by atoms with E-state index in [1.807, 2.05) is 18.2 Å². The smallest absolute Gasteiger partial charge is 0.223 e. The van der Waals surface area contributed by atoms with Crippen LogP contribution in [-0.2, 0) is 0 Å². The maximum absolute atomic E-state index is 9.06. The van der Waals surface area contributed by atoms with Crippen LogP contribution in [0.2, 0.25) is 0 Å². The van der Waals surface area contributed by atoms with E-state index in [0.29, 0.717) is 22.9 Å². The van der Waals surface area contributed by atoms with E-state index in [1.165, 1.54) is 0 Å². The molecule has 6 nitrogen and oxygen atoms in total. The molecule has 0 aliphatic carbocycles. The van der Waals surface area contributed by atoms with E-state index in [2.05, 4.69) is 33.6 Å². The average molecular weight is 268 g/mol. The molecule has 0 radical (unpaired) electrons. The van der Waals surface area contributed by atoms with Gasteiger partial charge in [-0.3, -0.25) is 0 Å². The van der Waals surface area contributed by atoms with Crippen molar-refractivity contribution in [2.45, 2.75) is 13.3 Å². The fourth-order valence-electron chi connectivity index (χ4n) is 1.70. The molecule has 0 spiro atoms. The SMILES string of the molecule is CCCNc1cc(Nc2ccccc2C#N)nc(N)n1. The summed E-state index contributed by atoms with van der Waals surface area (Å²) >= 11 is 0. The van der Waals surface area contributed by atoms with Crippen molar-refractivity contribution in [2.24, 2.45) is 0 Å². The number of nitriles is 1. The third kappa shape index (κ3) is 3.36. The third-order valence-electron chi connectivity index (χ3n) is 2.61. The molecule has 1 heterocycles. The lowest BCUT2D eigenvalue weighted by molar-refractivity contribution is 0.967. The van der Waals surface area contributed by atoms with Crippen LogP contribution in [0.1, 0.15) is 18.9 Å². The Bertz CT molecular complexity index is 632. The topological polar surface area (TPSA) is 99.6 Å². The highest BCUT2D eigenvalue weighted by Crippen LogP contribution is 2.21. The second kappa shape index (κ2) is 6.38. The van der Waals surface area contributed by atoms with Gasteiger partial charge in [-0.25, -0.2) is 0 Å². The summed E-state index contributed by atoms with van der Waals surface area (Å²) < 4.78 is 0. The molecule has 2 rings (SSSR count). The van der Waals surface area contributed by atoms with Gasteiger partial charge < -0.3 is 16.4 Å². The molecule has 0 unspecified atom stereocenters. The molecule has 0 saturated carbocycles. The van der Waals surface area contributed by atoms with Crippen molar-refractivity contribution in [3.8, 4) is 6.07 Å². The first-order valence-corrected chi connectivity index (χ1v) is 6.37. The molecular weight excluding hydrogens is 252 g/mol. The molecule has 1 aromatic carbocycles. The average Bonchev–Trinajstić information content (AvgIpc) is 2.45. The molecule has 1 aromatic heterocycles. The summed E-state index contributed by atoms with van der Waals surface area (Å²) in [6.45, 7) is 2.88. The first kappa shape index (κ1) is 13.6. The van der Waals surface area contributed by atoms with Gasteiger partial charge in [0, 0.05) is 12.6 Å². The molecule has 2 aromatic rings. The maximum atomic E-state index is 9.06. The minimum Gasteiger partial charge on any atom is -0.370 e. The van der Waals surface area contributed by atoms with Crippen molar-refractivity contribution in [3.05, 3.63) is 35.9 Å². The molecule has 0 atom stereocenters. The van der Waals surface area contributed by atoms with Crippen LogP contribution in [0.5, 0.6) is 0 Å². The Balaban J connectivity index is 2.25. The Hall–Kier alpha value is -2.81. The van der Waals surface area contributed by atoms with E-state index in [-0.39, 0.29) is 5.95 Å². The minimum absolute atomic E-state index is 0.183. The fourth-order valence-corrected chi connectivity index (χ4v) is 1.70. The Morgan fingerprint density at radius 1 is 1.25 bits per heavy atom. The van der Waals surface area contributed by atoms with Crippen LogP contribution in [0.25, 0.3) is 0 Å². The van der Waals surface area contributed by atoms with Crippen LogP contribution in [0.3, 0.4) is 0 Å². The van der Waals surface area contributed by atoms with E-state index >= 15 is 0 Å². The van der Waals surface area contributed by atoms with Gasteiger partial charge in [0.05, 0.1) is 11.3 Å². The zero-order valence-corrected chi connectivity index (χ0v) is 11.2. The van der Waals surface area contributed by atoms with Crippen molar-refractivity contribution >= 4 is 23.3 Å². The summed E-state index contributed by atoms with van der Waals surface area (Å²) in [5.74, 6) is 1.40. The standard InChI is InChI=1S/C14H16N6/c1-2-7-17-12-8-13(20-14(16)19-12)18-11-6-4-3-5-10(11)9-15/h3-6,8H,2,7H2,1H3,(H4,16,17,18,19,20). The minimum atomic E-state index is 0.183. The molecule has 0 fully saturated rings. The summed E-state index contributed by atoms with van der Waals surface area (Å²) in [6, 6.07) is 11.1. The van der Waals surface area contributed by atoms with E-state index in [1.54, 1.807) is 12.1 Å². The van der Waals surface area contributed by atoms with E-state index in [4.69, 9.17) is 11.0 Å². The highest BCUT2D eigenvalue weighted by molar-refractivity contribution is 5.66. The molecule has 6 heteroatoms. The molecule has 0 bridgehead atoms. The predicted octanol–water partition coefficient (Wildman–Crippen LogP) is 2.50. The number of hydrogen-bond donors (Lipinski definition) is 3. The predicted molar refractivity (Wildman–Crippen MR) is 79.7 cm³/mol. The molecule has 4 N–H and O–H groups in total. The number of rotatable bonds is 5. The van der Waals surface area contributed by atoms with Crippen LogP contribution < -0.4 is 16.4 Å². The van der Waals surface area contributed by atoms with Gasteiger partial charge in [-0.05, 0) is 18.6 Å². The van der Waals surface area contributed by atoms with E-state index in [0.717, 1.165) is 13.0 Å². The summed E-state index contributed by atoms with van der Waals surface area (Å²) in [4.78, 5) is 8.22. The number of nitrogens with zero attached hydrogens (tertiary/aromatic N) is 3. The lowest BCUT2D eigenvalue weighted by Crippen LogP contribution is -2.07.